The Bertz CT molecular complexity index is 33.0. The monoisotopic (exact) mass is 55.0 g/mol. The van der Waals surface area contributed by atoms with Gasteiger partial charge in [0.25, 0.3) is 0 Å². The van der Waals surface area contributed by atoms with Crippen LogP contribution in [0.3, 0.4) is 0 Å². The van der Waals surface area contributed by atoms with E-state index in [2.05, 4.69) is 4.74 Å². The summed E-state index contributed by atoms with van der Waals surface area (Å²) >= 11 is 0. The number of ether oxygens (including phenoxy) is 1. The van der Waals surface area contributed by atoms with Crippen molar-refractivity contribution in [3.05, 3.63) is 6.42 Å². The highest BCUT2D eigenvalue weighted by Gasteiger charge is 1.36. The van der Waals surface area contributed by atoms with Gasteiger partial charge >= 0.3 is 0 Å². The molecule has 0 amide bonds. The Hall–Kier alpha value is -0.640. The van der Waals surface area contributed by atoms with Crippen LogP contribution in [-0.4, -0.2) is 7.11 Å². The highest BCUT2D eigenvalue weighted by atomic mass is 16.5. The zero-order valence-corrected chi connectivity index (χ0v) is 2.41. The Labute approximate surface area is 25.6 Å². The molecule has 0 rings (SSSR count). The summed E-state index contributed by atoms with van der Waals surface area (Å²) in [7, 11) is 1.38. The molecule has 0 saturated carbocycles. The van der Waals surface area contributed by atoms with Gasteiger partial charge in [-0.15, -0.1) is 0 Å². The summed E-state index contributed by atoms with van der Waals surface area (Å²) in [5.41, 5.74) is 0. The second kappa shape index (κ2) is 2.36. The lowest BCUT2D eigenvalue weighted by atomic mass is 11.3. The van der Waals surface area contributed by atoms with Gasteiger partial charge in [0.15, 0.2) is 0 Å². The number of rotatable bonds is 0. The third-order valence-electron chi connectivity index (χ3n) is 0.102. The van der Waals surface area contributed by atoms with Crippen molar-refractivity contribution in [2.45, 2.75) is 0 Å². The van der Waals surface area contributed by atoms with Crippen LogP contribution in [0, 0.1) is 12.5 Å². The fourth-order valence-corrected chi connectivity index (χ4v) is 0. The average Bonchev–Trinajstić information content (AvgIpc) is 1.37. The third kappa shape index (κ3) is 1.36. The standard InChI is InChI=1S/C3H3O/c1-3-4-2/h2H3. The minimum Gasteiger partial charge on any atom is -0.449 e. The molecule has 1 radical (unpaired) electrons. The molecule has 1 nitrogen and oxygen atoms in total. The van der Waals surface area contributed by atoms with E-state index in [9.17, 15) is 0 Å². The normalized spacial score (nSPS) is 4.00. The van der Waals surface area contributed by atoms with Crippen molar-refractivity contribution >= 4 is 0 Å². The highest BCUT2D eigenvalue weighted by Crippen LogP contribution is 1.41. The molecule has 0 aromatic heterocycles. The lowest BCUT2D eigenvalue weighted by molar-refractivity contribution is 0.371. The Balaban J connectivity index is 2.43. The third-order valence-corrected chi connectivity index (χ3v) is 0.102. The van der Waals surface area contributed by atoms with E-state index in [1.807, 2.05) is 0 Å². The van der Waals surface area contributed by atoms with Crippen molar-refractivity contribution in [3.63, 3.8) is 0 Å². The molecule has 0 bridgehead atoms. The van der Waals surface area contributed by atoms with E-state index in [1.165, 1.54) is 7.11 Å². The SMILES string of the molecule is [C]#COC. The predicted octanol–water partition coefficient (Wildman–Crippen LogP) is 0.180. The van der Waals surface area contributed by atoms with E-state index in [-0.39, 0.29) is 0 Å². The van der Waals surface area contributed by atoms with Gasteiger partial charge in [-0.2, -0.15) is 0 Å². The Morgan fingerprint density at radius 1 is 2.00 bits per heavy atom. The Morgan fingerprint density at radius 3 is 2.25 bits per heavy atom. The van der Waals surface area contributed by atoms with E-state index in [0.717, 1.165) is 0 Å². The van der Waals surface area contributed by atoms with E-state index in [0.29, 0.717) is 0 Å². The number of hydrogen-bond donors (Lipinski definition) is 0. The van der Waals surface area contributed by atoms with Crippen LogP contribution >= 0.6 is 0 Å². The van der Waals surface area contributed by atoms with Crippen LogP contribution in [0.25, 0.3) is 0 Å². The largest absolute Gasteiger partial charge is 0.449 e. The minimum absolute atomic E-state index is 1.38. The molecule has 0 unspecified atom stereocenters. The van der Waals surface area contributed by atoms with E-state index in [4.69, 9.17) is 6.42 Å². The first-order chi connectivity index (χ1) is 1.91. The zero-order chi connectivity index (χ0) is 3.41. The second-order valence-corrected chi connectivity index (χ2v) is 0.306. The number of methoxy groups -OCH3 is 1. The molecular formula is C3H3O. The molecule has 0 atom stereocenters. The van der Waals surface area contributed by atoms with Gasteiger partial charge in [-0.1, -0.05) is 0 Å². The van der Waals surface area contributed by atoms with Crippen molar-refractivity contribution in [1.82, 2.24) is 0 Å². The van der Waals surface area contributed by atoms with Crippen LogP contribution in [0.5, 0.6) is 0 Å². The van der Waals surface area contributed by atoms with Crippen molar-refractivity contribution in [2.24, 2.45) is 0 Å². The summed E-state index contributed by atoms with van der Waals surface area (Å²) in [6, 6.07) is 0. The van der Waals surface area contributed by atoms with Gasteiger partial charge in [-0.3, -0.25) is 0 Å². The van der Waals surface area contributed by atoms with Gasteiger partial charge in [-0.05, 0) is 0 Å². The van der Waals surface area contributed by atoms with E-state index in [1.54, 1.807) is 6.11 Å². The first-order valence-electron chi connectivity index (χ1n) is 0.862. The smallest absolute Gasteiger partial charge is 0.124 e. The highest BCUT2D eigenvalue weighted by molar-refractivity contribution is 4.50. The quantitative estimate of drug-likeness (QED) is 0.359. The predicted molar refractivity (Wildman–Crippen MR) is 14.1 cm³/mol. The molecule has 0 aliphatic heterocycles. The molecule has 0 aliphatic rings. The van der Waals surface area contributed by atoms with E-state index < -0.39 is 0 Å². The minimum atomic E-state index is 1.38. The van der Waals surface area contributed by atoms with E-state index >= 15 is 0 Å². The van der Waals surface area contributed by atoms with Gasteiger partial charge < -0.3 is 4.74 Å². The van der Waals surface area contributed by atoms with Crippen LogP contribution < -0.4 is 0 Å². The summed E-state index contributed by atoms with van der Waals surface area (Å²) < 4.78 is 3.96. The van der Waals surface area contributed by atoms with Gasteiger partial charge in [0.1, 0.15) is 6.11 Å². The van der Waals surface area contributed by atoms with Gasteiger partial charge in [-0.25, -0.2) is 0 Å². The first kappa shape index (κ1) is 3.36. The molecule has 4 heavy (non-hydrogen) atoms. The lowest BCUT2D eigenvalue weighted by Gasteiger charge is -1.65. The summed E-state index contributed by atoms with van der Waals surface area (Å²) in [4.78, 5) is 0. The first-order valence-corrected chi connectivity index (χ1v) is 0.862. The van der Waals surface area contributed by atoms with Crippen LogP contribution in [0.4, 0.5) is 0 Å². The summed E-state index contributed by atoms with van der Waals surface area (Å²) in [6.45, 7) is 0. The maximum absolute atomic E-state index is 5.98. The molecule has 0 heterocycles. The maximum Gasteiger partial charge on any atom is 0.124 e. The lowest BCUT2D eigenvalue weighted by Crippen LogP contribution is -1.55. The summed E-state index contributed by atoms with van der Waals surface area (Å²) in [6.07, 6.45) is 7.66. The van der Waals surface area contributed by atoms with Crippen LogP contribution in [0.2, 0.25) is 0 Å². The maximum atomic E-state index is 5.98. The fraction of sp³-hybridized carbons (Fsp3) is 0.333. The molecule has 0 aromatic carbocycles. The summed E-state index contributed by atoms with van der Waals surface area (Å²) in [5.74, 6) is 0. The second-order valence-electron chi connectivity index (χ2n) is 0.306. The van der Waals surface area contributed by atoms with Gasteiger partial charge in [0.05, 0.1) is 7.11 Å². The van der Waals surface area contributed by atoms with Crippen LogP contribution in [0.1, 0.15) is 0 Å². The van der Waals surface area contributed by atoms with Crippen molar-refractivity contribution in [2.75, 3.05) is 7.11 Å². The molecule has 1 heteroatoms. The number of hydrogen-bond acceptors (Lipinski definition) is 1. The molecule has 0 N–H and O–H groups in total. The molecule has 21 valence electrons. The summed E-state index contributed by atoms with van der Waals surface area (Å²) in [5, 5.41) is 0. The fourth-order valence-electron chi connectivity index (χ4n) is 0. The van der Waals surface area contributed by atoms with Crippen molar-refractivity contribution in [3.8, 4) is 6.11 Å². The van der Waals surface area contributed by atoms with Crippen LogP contribution in [0.15, 0.2) is 0 Å². The Morgan fingerprint density at radius 2 is 2.25 bits per heavy atom. The average molecular weight is 55.1 g/mol. The molecule has 0 fully saturated rings. The molecule has 0 spiro atoms. The zero-order valence-electron chi connectivity index (χ0n) is 2.41. The molecule has 0 saturated heterocycles. The van der Waals surface area contributed by atoms with Crippen molar-refractivity contribution < 1.29 is 4.74 Å². The molecular weight excluding hydrogens is 52.0 g/mol. The molecule has 0 aliphatic carbocycles. The van der Waals surface area contributed by atoms with Gasteiger partial charge in [0.2, 0.25) is 0 Å². The topological polar surface area (TPSA) is 9.23 Å². The van der Waals surface area contributed by atoms with Crippen LogP contribution in [-0.2, 0) is 4.74 Å². The van der Waals surface area contributed by atoms with Crippen molar-refractivity contribution in [1.29, 1.82) is 0 Å². The Kier molecular flexibility index (Phi) is 1.98. The van der Waals surface area contributed by atoms with Gasteiger partial charge in [0, 0.05) is 6.42 Å². The molecule has 0 aromatic rings.